The van der Waals surface area contributed by atoms with Crippen molar-refractivity contribution < 1.29 is 4.79 Å². The molecule has 0 radical (unpaired) electrons. The van der Waals surface area contributed by atoms with Crippen LogP contribution in [0.1, 0.15) is 13.8 Å². The van der Waals surface area contributed by atoms with Gasteiger partial charge in [-0.3, -0.25) is 4.79 Å². The third-order valence-corrected chi connectivity index (χ3v) is 3.99. The first-order valence-corrected chi connectivity index (χ1v) is 9.42. The quantitative estimate of drug-likeness (QED) is 0.498. The lowest BCUT2D eigenvalue weighted by Gasteiger charge is -1.96. The van der Waals surface area contributed by atoms with Crippen LogP contribution < -0.4 is 0 Å². The van der Waals surface area contributed by atoms with Crippen molar-refractivity contribution in [2.24, 2.45) is 10.9 Å². The second-order valence-electron chi connectivity index (χ2n) is 4.78. The molecular formula is C25H9NOS2. The normalized spacial score (nSPS) is 10.9. The first-order chi connectivity index (χ1) is 14.1. The van der Waals surface area contributed by atoms with Crippen LogP contribution >= 0.6 is 23.5 Å². The van der Waals surface area contributed by atoms with E-state index in [0.717, 1.165) is 11.8 Å². The number of hydrogen-bond acceptors (Lipinski definition) is 3. The maximum atomic E-state index is 11.7. The number of hydrogen-bond donors (Lipinski definition) is 0. The molecule has 0 unspecified atom stereocenters. The highest BCUT2D eigenvalue weighted by atomic mass is 32.2. The van der Waals surface area contributed by atoms with Crippen molar-refractivity contribution in [3.05, 3.63) is 11.0 Å². The van der Waals surface area contributed by atoms with Crippen molar-refractivity contribution in [3.8, 4) is 106 Å². The molecule has 0 N–H and O–H groups in total. The SMILES string of the molecule is C#CC#CC#CC#CC#CC#CC#CC#CC#CSC1=NC(=O)/C(=C/C(C)C)S1. The molecule has 0 aliphatic carbocycles. The van der Waals surface area contributed by atoms with Crippen molar-refractivity contribution in [1.82, 2.24) is 0 Å². The van der Waals surface area contributed by atoms with Gasteiger partial charge in [-0.15, -0.1) is 6.42 Å². The molecule has 1 aliphatic heterocycles. The van der Waals surface area contributed by atoms with E-state index < -0.39 is 0 Å². The van der Waals surface area contributed by atoms with Gasteiger partial charge in [-0.05, 0) is 118 Å². The largest absolute Gasteiger partial charge is 0.285 e. The lowest BCUT2D eigenvalue weighted by molar-refractivity contribution is -0.113. The zero-order valence-electron chi connectivity index (χ0n) is 15.4. The number of nitrogens with zero attached hydrogens (tertiary/aromatic N) is 1. The molecule has 0 aromatic carbocycles. The fourth-order valence-electron chi connectivity index (χ4n) is 1.29. The Kier molecular flexibility index (Phi) is 11.8. The molecule has 1 rings (SSSR count). The molecule has 0 saturated carbocycles. The number of carbonyl (C=O) groups excluding carboxylic acids is 1. The molecule has 0 saturated heterocycles. The van der Waals surface area contributed by atoms with Crippen LogP contribution in [0, 0.1) is 112 Å². The second-order valence-corrected chi connectivity index (χ2v) is 6.87. The molecule has 0 fully saturated rings. The zero-order valence-corrected chi connectivity index (χ0v) is 17.0. The van der Waals surface area contributed by atoms with E-state index in [9.17, 15) is 4.79 Å². The fraction of sp³-hybridized carbons (Fsp3) is 0.120. The molecule has 0 atom stereocenters. The average Bonchev–Trinajstić information content (AvgIpc) is 3.03. The van der Waals surface area contributed by atoms with Gasteiger partial charge in [0.25, 0.3) is 5.91 Å². The van der Waals surface area contributed by atoms with Crippen molar-refractivity contribution in [3.63, 3.8) is 0 Å². The Morgan fingerprint density at radius 2 is 1.28 bits per heavy atom. The Bertz CT molecular complexity index is 1290. The summed E-state index contributed by atoms with van der Waals surface area (Å²) >= 11 is 2.48. The minimum absolute atomic E-state index is 0.222. The van der Waals surface area contributed by atoms with Crippen molar-refractivity contribution in [1.29, 1.82) is 0 Å². The first-order valence-electron chi connectivity index (χ1n) is 7.78. The van der Waals surface area contributed by atoms with E-state index in [1.807, 2.05) is 19.9 Å². The minimum atomic E-state index is -0.222. The Morgan fingerprint density at radius 3 is 1.72 bits per heavy atom. The Morgan fingerprint density at radius 1 is 0.828 bits per heavy atom. The van der Waals surface area contributed by atoms with Gasteiger partial charge in [0.1, 0.15) is 0 Å². The van der Waals surface area contributed by atoms with Gasteiger partial charge >= 0.3 is 0 Å². The van der Waals surface area contributed by atoms with Crippen LogP contribution in [0.2, 0.25) is 0 Å². The number of amides is 1. The maximum absolute atomic E-state index is 11.7. The molecule has 0 aromatic rings. The minimum Gasteiger partial charge on any atom is -0.266 e. The Balaban J connectivity index is 2.44. The summed E-state index contributed by atoms with van der Waals surface area (Å²) in [6.07, 6.45) is 6.81. The number of aliphatic imine (C=N–C) groups is 1. The van der Waals surface area contributed by atoms with E-state index in [1.54, 1.807) is 0 Å². The highest BCUT2D eigenvalue weighted by molar-refractivity contribution is 8.42. The second kappa shape index (κ2) is 14.9. The lowest BCUT2D eigenvalue weighted by atomic mass is 10.2. The molecule has 132 valence electrons. The van der Waals surface area contributed by atoms with Crippen LogP contribution in [0.25, 0.3) is 0 Å². The van der Waals surface area contributed by atoms with Crippen molar-refractivity contribution in [2.75, 3.05) is 0 Å². The van der Waals surface area contributed by atoms with Crippen molar-refractivity contribution >= 4 is 33.8 Å². The number of allylic oxidation sites excluding steroid dienone is 1. The summed E-state index contributed by atoms with van der Waals surface area (Å²) in [6, 6.07) is 0. The topological polar surface area (TPSA) is 29.4 Å². The van der Waals surface area contributed by atoms with E-state index in [4.69, 9.17) is 6.42 Å². The fourth-order valence-corrected chi connectivity index (χ4v) is 2.96. The van der Waals surface area contributed by atoms with Gasteiger partial charge in [-0.1, -0.05) is 31.7 Å². The van der Waals surface area contributed by atoms with E-state index in [2.05, 4.69) is 105 Å². The van der Waals surface area contributed by atoms with Gasteiger partial charge in [0.2, 0.25) is 0 Å². The smallest absolute Gasteiger partial charge is 0.266 e. The molecule has 0 aromatic heterocycles. The highest BCUT2D eigenvalue weighted by Crippen LogP contribution is 2.32. The summed E-state index contributed by atoms with van der Waals surface area (Å²) in [6.45, 7) is 4.01. The molecule has 4 heteroatoms. The summed E-state index contributed by atoms with van der Waals surface area (Å²) in [5.41, 5.74) is 0. The average molecular weight is 403 g/mol. The molecule has 29 heavy (non-hydrogen) atoms. The summed E-state index contributed by atoms with van der Waals surface area (Å²) in [7, 11) is 0. The molecule has 2 nitrogen and oxygen atoms in total. The van der Waals surface area contributed by atoms with Gasteiger partial charge in [0, 0.05) is 0 Å². The summed E-state index contributed by atoms with van der Waals surface area (Å²) in [5, 5.41) is 2.76. The summed E-state index contributed by atoms with van der Waals surface area (Å²) in [4.78, 5) is 16.2. The van der Waals surface area contributed by atoms with Gasteiger partial charge < -0.3 is 0 Å². The van der Waals surface area contributed by atoms with Gasteiger partial charge in [0.15, 0.2) is 4.38 Å². The zero-order chi connectivity index (χ0) is 21.2. The van der Waals surface area contributed by atoms with Crippen LogP contribution in [0.15, 0.2) is 16.0 Å². The van der Waals surface area contributed by atoms with E-state index >= 15 is 0 Å². The van der Waals surface area contributed by atoms with Crippen LogP contribution in [-0.2, 0) is 4.79 Å². The van der Waals surface area contributed by atoms with E-state index in [-0.39, 0.29) is 11.8 Å². The summed E-state index contributed by atoms with van der Waals surface area (Å²) in [5.74, 6) is 39.6. The molecule has 1 aliphatic rings. The number of thioether (sulfide) groups is 2. The third-order valence-electron chi connectivity index (χ3n) is 2.22. The van der Waals surface area contributed by atoms with Crippen molar-refractivity contribution in [2.45, 2.75) is 13.8 Å². The standard InChI is InChI=1S/C25H9NOS2/c1-4-5-6-7-8-9-10-11-12-13-14-15-16-17-18-19-20-28-25-26-24(27)23(29-25)21-22(2)3/h1,21-22H,2-3H3/b23-21-. The molecular weight excluding hydrogens is 394 g/mol. The Labute approximate surface area is 180 Å². The number of rotatable bonds is 1. The van der Waals surface area contributed by atoms with Crippen LogP contribution in [0.3, 0.4) is 0 Å². The number of carbonyl (C=O) groups is 1. The lowest BCUT2D eigenvalue weighted by Crippen LogP contribution is -1.90. The monoisotopic (exact) mass is 403 g/mol. The van der Waals surface area contributed by atoms with Gasteiger partial charge in [0.05, 0.1) is 4.91 Å². The third kappa shape index (κ3) is 11.9. The highest BCUT2D eigenvalue weighted by Gasteiger charge is 2.21. The predicted octanol–water partition coefficient (Wildman–Crippen LogP) is 2.51. The van der Waals surface area contributed by atoms with Gasteiger partial charge in [-0.25, -0.2) is 0 Å². The van der Waals surface area contributed by atoms with Crippen LogP contribution in [-0.4, -0.2) is 10.3 Å². The van der Waals surface area contributed by atoms with Gasteiger partial charge in [-0.2, -0.15) is 4.99 Å². The summed E-state index contributed by atoms with van der Waals surface area (Å²) < 4.78 is 0.598. The molecule has 0 bridgehead atoms. The first kappa shape index (κ1) is 22.9. The van der Waals surface area contributed by atoms with E-state index in [0.29, 0.717) is 9.28 Å². The number of terminal acetylenes is 1. The van der Waals surface area contributed by atoms with E-state index in [1.165, 1.54) is 11.8 Å². The maximum Gasteiger partial charge on any atom is 0.285 e. The molecule has 1 heterocycles. The Hall–Kier alpha value is -4.18. The van der Waals surface area contributed by atoms with Crippen LogP contribution in [0.4, 0.5) is 0 Å². The van der Waals surface area contributed by atoms with Crippen LogP contribution in [0.5, 0.6) is 0 Å². The molecule has 1 amide bonds. The predicted molar refractivity (Wildman–Crippen MR) is 122 cm³/mol. The molecule has 0 spiro atoms.